The predicted molar refractivity (Wildman–Crippen MR) is 87.8 cm³/mol. The highest BCUT2D eigenvalue weighted by atomic mass is 32.2. The summed E-state index contributed by atoms with van der Waals surface area (Å²) in [7, 11) is -2.30. The monoisotopic (exact) mass is 344 g/mol. The number of amides is 1. The zero-order chi connectivity index (χ0) is 17.2. The van der Waals surface area contributed by atoms with Crippen LogP contribution < -0.4 is 4.72 Å². The standard InChI is InChI=1S/C16H16N4O3S/c1-19-9-5-8-15(19)16(21)18-24(22,23)14-10-17-20(12-14)11-13-6-3-2-4-7-13/h2-10,12H,11H2,1H3,(H,18,21). The minimum Gasteiger partial charge on any atom is -0.347 e. The van der Waals surface area contributed by atoms with Gasteiger partial charge in [0.2, 0.25) is 0 Å². The minimum absolute atomic E-state index is 0.0546. The number of aryl methyl sites for hydroxylation is 1. The lowest BCUT2D eigenvalue weighted by molar-refractivity contribution is 0.0973. The van der Waals surface area contributed by atoms with Crippen LogP contribution in [0.4, 0.5) is 0 Å². The number of nitrogens with zero attached hydrogens (tertiary/aromatic N) is 3. The molecule has 0 atom stereocenters. The quantitative estimate of drug-likeness (QED) is 0.758. The number of hydrogen-bond acceptors (Lipinski definition) is 4. The smallest absolute Gasteiger partial charge is 0.281 e. The van der Waals surface area contributed by atoms with Crippen LogP contribution in [0.15, 0.2) is 66.0 Å². The average Bonchev–Trinajstić information content (AvgIpc) is 3.17. The molecule has 2 heterocycles. The number of aromatic nitrogens is 3. The van der Waals surface area contributed by atoms with Crippen molar-refractivity contribution in [1.82, 2.24) is 19.1 Å². The van der Waals surface area contributed by atoms with Crippen molar-refractivity contribution in [1.29, 1.82) is 0 Å². The largest absolute Gasteiger partial charge is 0.347 e. The Balaban J connectivity index is 1.76. The van der Waals surface area contributed by atoms with Crippen molar-refractivity contribution in [3.63, 3.8) is 0 Å². The third kappa shape index (κ3) is 3.38. The van der Waals surface area contributed by atoms with Gasteiger partial charge in [-0.25, -0.2) is 13.1 Å². The molecule has 0 fully saturated rings. The molecular formula is C16H16N4O3S. The van der Waals surface area contributed by atoms with Gasteiger partial charge >= 0.3 is 0 Å². The van der Waals surface area contributed by atoms with Gasteiger partial charge in [-0.05, 0) is 17.7 Å². The fourth-order valence-electron chi connectivity index (χ4n) is 2.27. The lowest BCUT2D eigenvalue weighted by atomic mass is 10.2. The summed E-state index contributed by atoms with van der Waals surface area (Å²) < 4.78 is 29.7. The van der Waals surface area contributed by atoms with E-state index in [1.54, 1.807) is 29.9 Å². The molecule has 0 spiro atoms. The zero-order valence-electron chi connectivity index (χ0n) is 13.0. The molecule has 0 radical (unpaired) electrons. The van der Waals surface area contributed by atoms with Crippen molar-refractivity contribution < 1.29 is 13.2 Å². The molecule has 1 aromatic carbocycles. The van der Waals surface area contributed by atoms with Crippen LogP contribution in [-0.2, 0) is 23.6 Å². The number of benzene rings is 1. The first-order chi connectivity index (χ1) is 11.5. The molecule has 7 nitrogen and oxygen atoms in total. The molecule has 0 saturated heterocycles. The molecule has 0 aliphatic carbocycles. The van der Waals surface area contributed by atoms with Gasteiger partial charge < -0.3 is 4.57 Å². The third-order valence-electron chi connectivity index (χ3n) is 3.51. The lowest BCUT2D eigenvalue weighted by Gasteiger charge is -2.05. The molecule has 24 heavy (non-hydrogen) atoms. The van der Waals surface area contributed by atoms with Crippen molar-refractivity contribution in [2.24, 2.45) is 7.05 Å². The maximum atomic E-state index is 12.3. The van der Waals surface area contributed by atoms with E-state index in [9.17, 15) is 13.2 Å². The molecule has 2 aromatic heterocycles. The molecule has 0 aliphatic heterocycles. The van der Waals surface area contributed by atoms with E-state index in [0.717, 1.165) is 5.56 Å². The van der Waals surface area contributed by atoms with Gasteiger partial charge in [-0.2, -0.15) is 5.10 Å². The Hall–Kier alpha value is -2.87. The Kier molecular flexibility index (Phi) is 4.22. The van der Waals surface area contributed by atoms with Crippen molar-refractivity contribution in [2.75, 3.05) is 0 Å². The summed E-state index contributed by atoms with van der Waals surface area (Å²) in [5.74, 6) is -0.682. The molecule has 0 unspecified atom stereocenters. The molecule has 8 heteroatoms. The molecular weight excluding hydrogens is 328 g/mol. The second kappa shape index (κ2) is 6.32. The number of carbonyl (C=O) groups is 1. The van der Waals surface area contributed by atoms with Crippen LogP contribution in [0.3, 0.4) is 0 Å². The number of nitrogens with one attached hydrogen (secondary N) is 1. The van der Waals surface area contributed by atoms with Gasteiger partial charge in [0.15, 0.2) is 0 Å². The lowest BCUT2D eigenvalue weighted by Crippen LogP contribution is -2.31. The topological polar surface area (TPSA) is 86.0 Å². The van der Waals surface area contributed by atoms with Crippen LogP contribution >= 0.6 is 0 Å². The van der Waals surface area contributed by atoms with Crippen molar-refractivity contribution in [3.05, 3.63) is 72.3 Å². The van der Waals surface area contributed by atoms with E-state index in [1.165, 1.54) is 17.1 Å². The predicted octanol–water partition coefficient (Wildman–Crippen LogP) is 1.39. The van der Waals surface area contributed by atoms with Gasteiger partial charge in [-0.3, -0.25) is 9.48 Å². The van der Waals surface area contributed by atoms with Gasteiger partial charge in [-0.15, -0.1) is 0 Å². The van der Waals surface area contributed by atoms with Crippen molar-refractivity contribution >= 4 is 15.9 Å². The first-order valence-electron chi connectivity index (χ1n) is 7.20. The second-order valence-corrected chi connectivity index (χ2v) is 6.98. The second-order valence-electron chi connectivity index (χ2n) is 5.30. The van der Waals surface area contributed by atoms with Gasteiger partial charge in [0.05, 0.1) is 12.7 Å². The van der Waals surface area contributed by atoms with Crippen LogP contribution in [0, 0.1) is 0 Å². The van der Waals surface area contributed by atoms with Crippen LogP contribution in [0.2, 0.25) is 0 Å². The summed E-state index contributed by atoms with van der Waals surface area (Å²) in [6.45, 7) is 0.447. The van der Waals surface area contributed by atoms with Crippen molar-refractivity contribution in [2.45, 2.75) is 11.4 Å². The molecule has 0 aliphatic rings. The van der Waals surface area contributed by atoms with E-state index in [2.05, 4.69) is 9.82 Å². The highest BCUT2D eigenvalue weighted by Crippen LogP contribution is 2.10. The number of sulfonamides is 1. The van der Waals surface area contributed by atoms with Gasteiger partial charge in [-0.1, -0.05) is 30.3 Å². The van der Waals surface area contributed by atoms with E-state index < -0.39 is 15.9 Å². The average molecular weight is 344 g/mol. The zero-order valence-corrected chi connectivity index (χ0v) is 13.8. The van der Waals surface area contributed by atoms with E-state index in [0.29, 0.717) is 6.54 Å². The molecule has 1 amide bonds. The van der Waals surface area contributed by atoms with E-state index in [-0.39, 0.29) is 10.6 Å². The number of rotatable bonds is 5. The highest BCUT2D eigenvalue weighted by molar-refractivity contribution is 7.90. The Bertz CT molecular complexity index is 958. The Morgan fingerprint density at radius 1 is 1.17 bits per heavy atom. The summed E-state index contributed by atoms with van der Waals surface area (Å²) in [5, 5.41) is 4.05. The van der Waals surface area contributed by atoms with Crippen LogP contribution in [0.25, 0.3) is 0 Å². The van der Waals surface area contributed by atoms with Gasteiger partial charge in [0.1, 0.15) is 10.6 Å². The molecule has 0 bridgehead atoms. The van der Waals surface area contributed by atoms with Gasteiger partial charge in [0.25, 0.3) is 15.9 Å². The summed E-state index contributed by atoms with van der Waals surface area (Å²) in [6.07, 6.45) is 4.29. The van der Waals surface area contributed by atoms with Crippen LogP contribution in [0.5, 0.6) is 0 Å². The molecule has 0 saturated carbocycles. The van der Waals surface area contributed by atoms with E-state index in [4.69, 9.17) is 0 Å². The summed E-state index contributed by atoms with van der Waals surface area (Å²) >= 11 is 0. The first-order valence-corrected chi connectivity index (χ1v) is 8.69. The normalized spacial score (nSPS) is 11.4. The number of carbonyl (C=O) groups excluding carboxylic acids is 1. The Morgan fingerprint density at radius 3 is 2.58 bits per heavy atom. The van der Waals surface area contributed by atoms with Crippen molar-refractivity contribution in [3.8, 4) is 0 Å². The fraction of sp³-hybridized carbons (Fsp3) is 0.125. The molecule has 3 aromatic rings. The van der Waals surface area contributed by atoms with Crippen LogP contribution in [0.1, 0.15) is 16.1 Å². The summed E-state index contributed by atoms with van der Waals surface area (Å²) in [6, 6.07) is 12.8. The third-order valence-corrected chi connectivity index (χ3v) is 4.80. The maximum absolute atomic E-state index is 12.3. The van der Waals surface area contributed by atoms with E-state index in [1.807, 2.05) is 30.3 Å². The van der Waals surface area contributed by atoms with Gasteiger partial charge in [0, 0.05) is 19.4 Å². The number of hydrogen-bond donors (Lipinski definition) is 1. The van der Waals surface area contributed by atoms with Crippen LogP contribution in [-0.4, -0.2) is 28.7 Å². The summed E-state index contributed by atoms with van der Waals surface area (Å²) in [5.41, 5.74) is 1.26. The first kappa shape index (κ1) is 16.0. The molecule has 3 rings (SSSR count). The Labute approximate surface area is 139 Å². The van der Waals surface area contributed by atoms with E-state index >= 15 is 0 Å². The SMILES string of the molecule is Cn1cccc1C(=O)NS(=O)(=O)c1cnn(Cc2ccccc2)c1. The molecule has 124 valence electrons. The maximum Gasteiger partial charge on any atom is 0.281 e. The fourth-order valence-corrected chi connectivity index (χ4v) is 3.18. The summed E-state index contributed by atoms with van der Waals surface area (Å²) in [4.78, 5) is 12.0. The molecule has 1 N–H and O–H groups in total. The minimum atomic E-state index is -3.97. The Morgan fingerprint density at radius 2 is 1.92 bits per heavy atom. The highest BCUT2D eigenvalue weighted by Gasteiger charge is 2.21.